The standard InChI is InChI=1S/C31H29F3O6/c32-31(33,34)26-11-9-24-25(30(26)18-3-5-20(6-4-18)38-17-22-2-1-13-37-22)10-12-27(24)40-21-7-8-23-19(14-29(35)36)16-39-28(23)15-21/h3-9,11,15,19,22,27H,1-2,10,12-14,16-17H2,(H,35,36)/t19?,22?,27-/m1/s1. The maximum Gasteiger partial charge on any atom is 0.417 e. The number of hydrogen-bond donors (Lipinski definition) is 1. The van der Waals surface area contributed by atoms with Gasteiger partial charge in [0.1, 0.15) is 30.0 Å². The van der Waals surface area contributed by atoms with E-state index in [-0.39, 0.29) is 24.0 Å². The fourth-order valence-electron chi connectivity index (χ4n) is 5.91. The number of carboxylic acid groups (broad SMARTS) is 1. The van der Waals surface area contributed by atoms with E-state index in [1.807, 2.05) is 6.07 Å². The van der Waals surface area contributed by atoms with Crippen molar-refractivity contribution in [2.75, 3.05) is 19.8 Å². The molecule has 1 fully saturated rings. The zero-order chi connectivity index (χ0) is 27.9. The van der Waals surface area contributed by atoms with Crippen molar-refractivity contribution in [1.82, 2.24) is 0 Å². The van der Waals surface area contributed by atoms with Crippen LogP contribution in [0, 0.1) is 0 Å². The van der Waals surface area contributed by atoms with Crippen LogP contribution in [0.4, 0.5) is 13.2 Å². The predicted octanol–water partition coefficient (Wildman–Crippen LogP) is 6.95. The van der Waals surface area contributed by atoms with Crippen LogP contribution in [-0.4, -0.2) is 37.0 Å². The van der Waals surface area contributed by atoms with Crippen LogP contribution in [0.1, 0.15) is 60.0 Å². The number of benzene rings is 3. The van der Waals surface area contributed by atoms with E-state index in [2.05, 4.69) is 0 Å². The molecule has 210 valence electrons. The molecule has 3 aromatic carbocycles. The lowest BCUT2D eigenvalue weighted by Crippen LogP contribution is -2.16. The van der Waals surface area contributed by atoms with Crippen LogP contribution in [0.15, 0.2) is 54.6 Å². The largest absolute Gasteiger partial charge is 0.492 e. The molecule has 2 heterocycles. The molecule has 9 heteroatoms. The summed E-state index contributed by atoms with van der Waals surface area (Å²) in [6.45, 7) is 1.44. The molecule has 1 aliphatic carbocycles. The zero-order valence-electron chi connectivity index (χ0n) is 21.7. The van der Waals surface area contributed by atoms with Crippen molar-refractivity contribution in [3.63, 3.8) is 0 Å². The normalized spacial score (nSPS) is 21.5. The van der Waals surface area contributed by atoms with Gasteiger partial charge in [0, 0.05) is 24.2 Å². The number of halogens is 3. The first-order valence-electron chi connectivity index (χ1n) is 13.5. The van der Waals surface area contributed by atoms with Gasteiger partial charge in [0.05, 0.1) is 24.7 Å². The van der Waals surface area contributed by atoms with Gasteiger partial charge in [0.15, 0.2) is 0 Å². The highest BCUT2D eigenvalue weighted by molar-refractivity contribution is 5.75. The van der Waals surface area contributed by atoms with Gasteiger partial charge in [0.25, 0.3) is 0 Å². The first-order chi connectivity index (χ1) is 19.3. The summed E-state index contributed by atoms with van der Waals surface area (Å²) in [5.74, 6) is 0.591. The molecule has 2 unspecified atom stereocenters. The van der Waals surface area contributed by atoms with Gasteiger partial charge in [-0.25, -0.2) is 0 Å². The number of rotatable bonds is 8. The molecular weight excluding hydrogens is 525 g/mol. The molecular formula is C31H29F3O6. The fraction of sp³-hybridized carbons (Fsp3) is 0.387. The molecule has 6 rings (SSSR count). The van der Waals surface area contributed by atoms with Crippen LogP contribution in [-0.2, 0) is 22.1 Å². The van der Waals surface area contributed by atoms with Crippen LogP contribution < -0.4 is 14.2 Å². The monoisotopic (exact) mass is 554 g/mol. The van der Waals surface area contributed by atoms with Crippen molar-refractivity contribution in [2.45, 2.75) is 56.4 Å². The van der Waals surface area contributed by atoms with Gasteiger partial charge >= 0.3 is 12.1 Å². The summed E-state index contributed by atoms with van der Waals surface area (Å²) in [5, 5.41) is 9.13. The highest BCUT2D eigenvalue weighted by atomic mass is 19.4. The van der Waals surface area contributed by atoms with Gasteiger partial charge < -0.3 is 24.1 Å². The third kappa shape index (κ3) is 5.35. The minimum Gasteiger partial charge on any atom is -0.492 e. The molecule has 3 aliphatic rings. The molecule has 3 aromatic rings. The number of carboxylic acids is 1. The van der Waals surface area contributed by atoms with E-state index in [9.17, 15) is 18.0 Å². The summed E-state index contributed by atoms with van der Waals surface area (Å²) >= 11 is 0. The smallest absolute Gasteiger partial charge is 0.417 e. The lowest BCUT2D eigenvalue weighted by molar-refractivity contribution is -0.138. The Balaban J connectivity index is 1.25. The molecule has 0 spiro atoms. The molecule has 40 heavy (non-hydrogen) atoms. The maximum absolute atomic E-state index is 14.1. The van der Waals surface area contributed by atoms with Gasteiger partial charge in [-0.1, -0.05) is 24.3 Å². The lowest BCUT2D eigenvalue weighted by Gasteiger charge is -2.20. The minimum atomic E-state index is -4.51. The third-order valence-corrected chi connectivity index (χ3v) is 7.83. The van der Waals surface area contributed by atoms with Crippen molar-refractivity contribution in [3.8, 4) is 28.4 Å². The Hall–Kier alpha value is -3.72. The lowest BCUT2D eigenvalue weighted by atomic mass is 9.91. The number of hydrogen-bond acceptors (Lipinski definition) is 5. The molecule has 6 nitrogen and oxygen atoms in total. The summed E-state index contributed by atoms with van der Waals surface area (Å²) < 4.78 is 65.7. The molecule has 0 amide bonds. The van der Waals surface area contributed by atoms with Crippen LogP contribution in [0.3, 0.4) is 0 Å². The Morgan fingerprint density at radius 3 is 2.50 bits per heavy atom. The molecule has 0 radical (unpaired) electrons. The molecule has 0 bridgehead atoms. The quantitative estimate of drug-likeness (QED) is 0.325. The summed E-state index contributed by atoms with van der Waals surface area (Å²) in [6.07, 6.45) is -1.98. The molecule has 0 aromatic heterocycles. The van der Waals surface area contributed by atoms with Crippen LogP contribution in [0.25, 0.3) is 11.1 Å². The Kier molecular flexibility index (Phi) is 7.08. The second kappa shape index (κ2) is 10.7. The molecule has 1 saturated heterocycles. The molecule has 1 N–H and O–H groups in total. The summed E-state index contributed by atoms with van der Waals surface area (Å²) in [7, 11) is 0. The SMILES string of the molecule is O=C(O)CC1COc2cc(O[C@@H]3CCc4c3ccc(C(F)(F)F)c4-c3ccc(OCC4CCCO4)cc3)ccc21. The second-order valence-corrected chi connectivity index (χ2v) is 10.5. The Morgan fingerprint density at radius 2 is 1.77 bits per heavy atom. The van der Waals surface area contributed by atoms with Crippen molar-refractivity contribution in [2.24, 2.45) is 0 Å². The maximum atomic E-state index is 14.1. The molecule has 0 saturated carbocycles. The Bertz CT molecular complexity index is 1400. The summed E-state index contributed by atoms with van der Waals surface area (Å²) in [4.78, 5) is 11.1. The highest BCUT2D eigenvalue weighted by Gasteiger charge is 2.38. The fourth-order valence-corrected chi connectivity index (χ4v) is 5.91. The highest BCUT2D eigenvalue weighted by Crippen LogP contribution is 2.47. The summed E-state index contributed by atoms with van der Waals surface area (Å²) in [5.41, 5.74) is 2.16. The van der Waals surface area contributed by atoms with E-state index in [4.69, 9.17) is 24.1 Å². The predicted molar refractivity (Wildman–Crippen MR) is 140 cm³/mol. The van der Waals surface area contributed by atoms with E-state index < -0.39 is 23.8 Å². The van der Waals surface area contributed by atoms with Gasteiger partial charge in [0.2, 0.25) is 0 Å². The third-order valence-electron chi connectivity index (χ3n) is 7.83. The van der Waals surface area contributed by atoms with Crippen molar-refractivity contribution in [3.05, 3.63) is 76.9 Å². The minimum absolute atomic E-state index is 0.0183. The number of alkyl halides is 3. The van der Waals surface area contributed by atoms with Gasteiger partial charge in [-0.3, -0.25) is 4.79 Å². The van der Waals surface area contributed by atoms with E-state index in [0.717, 1.165) is 36.6 Å². The molecule has 3 atom stereocenters. The number of fused-ring (bicyclic) bond motifs is 2. The van der Waals surface area contributed by atoms with Crippen molar-refractivity contribution >= 4 is 5.97 Å². The van der Waals surface area contributed by atoms with Gasteiger partial charge in [-0.15, -0.1) is 0 Å². The van der Waals surface area contributed by atoms with Crippen LogP contribution in [0.2, 0.25) is 0 Å². The number of ether oxygens (including phenoxy) is 4. The van der Waals surface area contributed by atoms with E-state index >= 15 is 0 Å². The first kappa shape index (κ1) is 26.5. The Morgan fingerprint density at radius 1 is 1.00 bits per heavy atom. The zero-order valence-corrected chi connectivity index (χ0v) is 21.7. The van der Waals surface area contributed by atoms with E-state index in [1.165, 1.54) is 6.07 Å². The van der Waals surface area contributed by atoms with Crippen molar-refractivity contribution in [1.29, 1.82) is 0 Å². The van der Waals surface area contributed by atoms with Gasteiger partial charge in [-0.2, -0.15) is 13.2 Å². The van der Waals surface area contributed by atoms with Crippen LogP contribution in [0.5, 0.6) is 17.2 Å². The average molecular weight is 555 g/mol. The second-order valence-electron chi connectivity index (χ2n) is 10.5. The number of carbonyl (C=O) groups is 1. The topological polar surface area (TPSA) is 74.2 Å². The summed E-state index contributed by atoms with van der Waals surface area (Å²) in [6, 6.07) is 14.7. The molecule has 2 aliphatic heterocycles. The van der Waals surface area contributed by atoms with E-state index in [0.29, 0.717) is 54.4 Å². The van der Waals surface area contributed by atoms with E-state index in [1.54, 1.807) is 36.4 Å². The van der Waals surface area contributed by atoms with Crippen LogP contribution >= 0.6 is 0 Å². The van der Waals surface area contributed by atoms with Gasteiger partial charge in [-0.05, 0) is 72.2 Å². The first-order valence-corrected chi connectivity index (χ1v) is 13.5. The average Bonchev–Trinajstić information content (AvgIpc) is 3.68. The van der Waals surface area contributed by atoms with Crippen molar-refractivity contribution < 1.29 is 42.0 Å². The number of aliphatic carboxylic acids is 1. The Labute approximate surface area is 229 Å².